The molecule has 0 amide bonds. The molecule has 0 aromatic carbocycles. The van der Waals surface area contributed by atoms with Gasteiger partial charge in [-0.2, -0.15) is 8.42 Å². The SMILES string of the molecule is O=S(=O)(O)C1C=CC2C3CCC(C3)C21. The lowest BCUT2D eigenvalue weighted by atomic mass is 9.81. The number of hydrogen-bond donors (Lipinski definition) is 1. The van der Waals surface area contributed by atoms with Crippen LogP contribution in [-0.4, -0.2) is 18.2 Å². The quantitative estimate of drug-likeness (QED) is 0.531. The van der Waals surface area contributed by atoms with Crippen molar-refractivity contribution in [2.75, 3.05) is 0 Å². The predicted molar refractivity (Wildman–Crippen MR) is 52.3 cm³/mol. The normalized spacial score (nSPS) is 49.9. The first-order valence-electron chi connectivity index (χ1n) is 5.22. The van der Waals surface area contributed by atoms with Gasteiger partial charge in [-0.1, -0.05) is 12.2 Å². The fraction of sp³-hybridized carbons (Fsp3) is 0.800. The van der Waals surface area contributed by atoms with Crippen molar-refractivity contribution >= 4 is 10.1 Å². The van der Waals surface area contributed by atoms with Crippen molar-refractivity contribution in [1.82, 2.24) is 0 Å². The minimum atomic E-state index is -3.87. The lowest BCUT2D eigenvalue weighted by Gasteiger charge is -2.27. The van der Waals surface area contributed by atoms with Gasteiger partial charge in [0.15, 0.2) is 0 Å². The van der Waals surface area contributed by atoms with Gasteiger partial charge in [0.25, 0.3) is 10.1 Å². The molecular formula is C10H14O3S. The zero-order valence-corrected chi connectivity index (χ0v) is 8.65. The van der Waals surface area contributed by atoms with Crippen molar-refractivity contribution < 1.29 is 13.0 Å². The first-order chi connectivity index (χ1) is 6.57. The second-order valence-electron chi connectivity index (χ2n) is 4.85. The van der Waals surface area contributed by atoms with E-state index in [2.05, 4.69) is 0 Å². The first-order valence-corrected chi connectivity index (χ1v) is 6.72. The van der Waals surface area contributed by atoms with Crippen LogP contribution in [-0.2, 0) is 10.1 Å². The molecule has 14 heavy (non-hydrogen) atoms. The minimum Gasteiger partial charge on any atom is -0.285 e. The number of rotatable bonds is 1. The zero-order chi connectivity index (χ0) is 9.92. The summed E-state index contributed by atoms with van der Waals surface area (Å²) < 4.78 is 31.4. The second-order valence-corrected chi connectivity index (χ2v) is 6.43. The maximum Gasteiger partial charge on any atom is 0.271 e. The Morgan fingerprint density at radius 1 is 1.14 bits per heavy atom. The summed E-state index contributed by atoms with van der Waals surface area (Å²) in [6.45, 7) is 0. The van der Waals surface area contributed by atoms with Crippen molar-refractivity contribution in [3.63, 3.8) is 0 Å². The van der Waals surface area contributed by atoms with Crippen molar-refractivity contribution in [3.05, 3.63) is 12.2 Å². The first kappa shape index (κ1) is 8.92. The Labute approximate surface area is 83.9 Å². The minimum absolute atomic E-state index is 0.184. The third-order valence-electron chi connectivity index (χ3n) is 4.29. The van der Waals surface area contributed by atoms with E-state index in [1.165, 1.54) is 12.8 Å². The lowest BCUT2D eigenvalue weighted by molar-refractivity contribution is 0.280. The Balaban J connectivity index is 1.97. The third-order valence-corrected chi connectivity index (χ3v) is 5.45. The number of fused-ring (bicyclic) bond motifs is 5. The van der Waals surface area contributed by atoms with Crippen molar-refractivity contribution in [2.24, 2.45) is 23.7 Å². The molecule has 3 aliphatic rings. The Morgan fingerprint density at radius 2 is 1.86 bits per heavy atom. The molecule has 78 valence electrons. The van der Waals surface area contributed by atoms with Gasteiger partial charge in [0.1, 0.15) is 5.25 Å². The van der Waals surface area contributed by atoms with E-state index in [9.17, 15) is 8.42 Å². The number of allylic oxidation sites excluding steroid dienone is 1. The van der Waals surface area contributed by atoms with Gasteiger partial charge in [-0.05, 0) is 42.9 Å². The van der Waals surface area contributed by atoms with E-state index in [4.69, 9.17) is 4.55 Å². The summed E-state index contributed by atoms with van der Waals surface area (Å²) in [7, 11) is -3.87. The van der Waals surface area contributed by atoms with Crippen molar-refractivity contribution in [2.45, 2.75) is 24.5 Å². The summed E-state index contributed by atoms with van der Waals surface area (Å²) in [6.07, 6.45) is 7.29. The molecular weight excluding hydrogens is 200 g/mol. The fourth-order valence-corrected chi connectivity index (χ4v) is 4.91. The molecule has 0 saturated heterocycles. The van der Waals surface area contributed by atoms with Gasteiger partial charge in [-0.3, -0.25) is 4.55 Å². The third kappa shape index (κ3) is 1.04. The molecule has 4 heteroatoms. The van der Waals surface area contributed by atoms with Crippen molar-refractivity contribution in [1.29, 1.82) is 0 Å². The molecule has 5 atom stereocenters. The van der Waals surface area contributed by atoms with Crippen LogP contribution in [0.2, 0.25) is 0 Å². The second kappa shape index (κ2) is 2.61. The van der Waals surface area contributed by atoms with E-state index in [0.717, 1.165) is 6.42 Å². The summed E-state index contributed by atoms with van der Waals surface area (Å²) in [4.78, 5) is 0. The van der Waals surface area contributed by atoms with Crippen LogP contribution in [0.4, 0.5) is 0 Å². The van der Waals surface area contributed by atoms with Gasteiger partial charge in [0.2, 0.25) is 0 Å². The summed E-state index contributed by atoms with van der Waals surface area (Å²) in [6, 6.07) is 0. The van der Waals surface area contributed by atoms with Gasteiger partial charge in [0, 0.05) is 0 Å². The van der Waals surface area contributed by atoms with E-state index in [-0.39, 0.29) is 5.92 Å². The predicted octanol–water partition coefficient (Wildman–Crippen LogP) is 1.47. The van der Waals surface area contributed by atoms with Gasteiger partial charge < -0.3 is 0 Å². The van der Waals surface area contributed by atoms with Crippen LogP contribution in [0.3, 0.4) is 0 Å². The van der Waals surface area contributed by atoms with Crippen LogP contribution >= 0.6 is 0 Å². The Morgan fingerprint density at radius 3 is 2.57 bits per heavy atom. The Hall–Kier alpha value is -0.350. The average Bonchev–Trinajstić information content (AvgIpc) is 2.74. The van der Waals surface area contributed by atoms with Crippen LogP contribution in [0.5, 0.6) is 0 Å². The number of hydrogen-bond acceptors (Lipinski definition) is 2. The van der Waals surface area contributed by atoms with Crippen molar-refractivity contribution in [3.8, 4) is 0 Å². The molecule has 2 saturated carbocycles. The molecule has 0 aromatic heterocycles. The topological polar surface area (TPSA) is 54.4 Å². The van der Waals surface area contributed by atoms with Crippen LogP contribution in [0.25, 0.3) is 0 Å². The highest BCUT2D eigenvalue weighted by atomic mass is 32.2. The maximum atomic E-state index is 11.2. The smallest absolute Gasteiger partial charge is 0.271 e. The average molecular weight is 214 g/mol. The molecule has 0 radical (unpaired) electrons. The highest BCUT2D eigenvalue weighted by Gasteiger charge is 2.54. The Kier molecular flexibility index (Phi) is 1.66. The lowest BCUT2D eigenvalue weighted by Crippen LogP contribution is -2.32. The van der Waals surface area contributed by atoms with E-state index in [1.807, 2.05) is 6.08 Å². The van der Waals surface area contributed by atoms with Crippen LogP contribution in [0, 0.1) is 23.7 Å². The molecule has 0 aromatic rings. The largest absolute Gasteiger partial charge is 0.285 e. The van der Waals surface area contributed by atoms with Gasteiger partial charge in [0.05, 0.1) is 0 Å². The molecule has 3 rings (SSSR count). The standard InChI is InChI=1S/C10H14O3S/c11-14(12,13)9-4-3-8-6-1-2-7(5-6)10(8)9/h3-4,6-10H,1-2,5H2,(H,11,12,13). The molecule has 1 N–H and O–H groups in total. The zero-order valence-electron chi connectivity index (χ0n) is 7.83. The van der Waals surface area contributed by atoms with Gasteiger partial charge in [-0.15, -0.1) is 0 Å². The van der Waals surface area contributed by atoms with Gasteiger partial charge >= 0.3 is 0 Å². The van der Waals surface area contributed by atoms with Gasteiger partial charge in [-0.25, -0.2) is 0 Å². The van der Waals surface area contributed by atoms with E-state index >= 15 is 0 Å². The molecule has 0 heterocycles. The summed E-state index contributed by atoms with van der Waals surface area (Å²) in [5, 5.41) is -0.609. The molecule has 2 bridgehead atoms. The Bertz CT molecular complexity index is 384. The molecule has 3 aliphatic carbocycles. The van der Waals surface area contributed by atoms with Crippen LogP contribution in [0.15, 0.2) is 12.2 Å². The maximum absolute atomic E-state index is 11.2. The van der Waals surface area contributed by atoms with E-state index in [1.54, 1.807) is 6.08 Å². The highest BCUT2D eigenvalue weighted by Crippen LogP contribution is 2.57. The van der Waals surface area contributed by atoms with E-state index < -0.39 is 15.4 Å². The van der Waals surface area contributed by atoms with Crippen LogP contribution < -0.4 is 0 Å². The molecule has 0 aliphatic heterocycles. The summed E-state index contributed by atoms with van der Waals surface area (Å²) in [5.74, 6) is 1.84. The fourth-order valence-electron chi connectivity index (χ4n) is 3.82. The highest BCUT2D eigenvalue weighted by molar-refractivity contribution is 7.86. The molecule has 3 nitrogen and oxygen atoms in total. The molecule has 5 unspecified atom stereocenters. The molecule has 0 spiro atoms. The summed E-state index contributed by atoms with van der Waals surface area (Å²) >= 11 is 0. The van der Waals surface area contributed by atoms with Crippen LogP contribution in [0.1, 0.15) is 19.3 Å². The summed E-state index contributed by atoms with van der Waals surface area (Å²) in [5.41, 5.74) is 0. The van der Waals surface area contributed by atoms with E-state index in [0.29, 0.717) is 17.8 Å². The molecule has 2 fully saturated rings. The monoisotopic (exact) mass is 214 g/mol.